The molecule has 0 fully saturated rings. The number of nitrogens with zero attached hydrogens (tertiary/aromatic N) is 2. The molecular weight excluding hydrogens is 752 g/mol. The maximum absolute atomic E-state index is 15.2. The zero-order valence-electron chi connectivity index (χ0n) is 30.5. The second kappa shape index (κ2) is 14.7. The molecule has 0 bridgehead atoms. The number of aromatic nitrogens is 2. The second-order valence-electron chi connectivity index (χ2n) is 13.7. The standard InChI is InChI=1S/C46H31F9N2/c1-26-10-4-5-13-31(26)36-21-38(34-19-33(27(2)18-28(34)3)29-11-8-16-56-24-29)37(32-14-6-7-15-41(32)44(47,48)49)22-39(36)40-20-35(30-12-9-17-57-25-30)42(45(50,51)52)23-43(40)46(53,54)55/h4-25H,1-3H3. The summed E-state index contributed by atoms with van der Waals surface area (Å²) >= 11 is 0. The third-order valence-electron chi connectivity index (χ3n) is 9.98. The van der Waals surface area contributed by atoms with Crippen molar-refractivity contribution in [3.63, 3.8) is 0 Å². The van der Waals surface area contributed by atoms with Crippen LogP contribution >= 0.6 is 0 Å². The van der Waals surface area contributed by atoms with Gasteiger partial charge >= 0.3 is 18.5 Å². The molecule has 288 valence electrons. The van der Waals surface area contributed by atoms with Crippen molar-refractivity contribution in [1.29, 1.82) is 0 Å². The molecule has 0 radical (unpaired) electrons. The summed E-state index contributed by atoms with van der Waals surface area (Å²) in [6, 6.07) is 25.1. The molecule has 0 unspecified atom stereocenters. The summed E-state index contributed by atoms with van der Waals surface area (Å²) in [7, 11) is 0. The highest BCUT2D eigenvalue weighted by Crippen LogP contribution is 2.51. The molecule has 0 amide bonds. The van der Waals surface area contributed by atoms with Gasteiger partial charge in [-0.1, -0.05) is 60.7 Å². The molecule has 5 aromatic carbocycles. The molecule has 0 spiro atoms. The number of hydrogen-bond acceptors (Lipinski definition) is 2. The maximum atomic E-state index is 15.2. The first kappa shape index (κ1) is 39.0. The fraction of sp³-hybridized carbons (Fsp3) is 0.130. The van der Waals surface area contributed by atoms with Crippen molar-refractivity contribution in [2.45, 2.75) is 39.3 Å². The minimum atomic E-state index is -5.32. The van der Waals surface area contributed by atoms with E-state index < -0.39 is 46.3 Å². The predicted molar refractivity (Wildman–Crippen MR) is 204 cm³/mol. The Morgan fingerprint density at radius 2 is 0.772 bits per heavy atom. The van der Waals surface area contributed by atoms with Gasteiger partial charge in [-0.25, -0.2) is 0 Å². The molecule has 0 N–H and O–H groups in total. The maximum Gasteiger partial charge on any atom is 0.417 e. The van der Waals surface area contributed by atoms with Crippen molar-refractivity contribution < 1.29 is 39.5 Å². The van der Waals surface area contributed by atoms with Crippen LogP contribution in [0.5, 0.6) is 0 Å². The Morgan fingerprint density at radius 1 is 0.333 bits per heavy atom. The molecule has 11 heteroatoms. The highest BCUT2D eigenvalue weighted by atomic mass is 19.4. The molecule has 7 rings (SSSR count). The summed E-state index contributed by atoms with van der Waals surface area (Å²) in [6.07, 6.45) is -9.74. The lowest BCUT2D eigenvalue weighted by Crippen LogP contribution is -2.14. The van der Waals surface area contributed by atoms with Gasteiger partial charge in [-0.2, -0.15) is 39.5 Å². The lowest BCUT2D eigenvalue weighted by atomic mass is 9.80. The molecule has 57 heavy (non-hydrogen) atoms. The van der Waals surface area contributed by atoms with E-state index >= 15 is 13.2 Å². The van der Waals surface area contributed by atoms with E-state index in [1.54, 1.807) is 62.6 Å². The molecule has 7 aromatic rings. The molecule has 0 atom stereocenters. The normalized spacial score (nSPS) is 12.2. The number of alkyl halides is 9. The van der Waals surface area contributed by atoms with E-state index in [-0.39, 0.29) is 39.4 Å². The van der Waals surface area contributed by atoms with Crippen LogP contribution in [0.15, 0.2) is 134 Å². The lowest BCUT2D eigenvalue weighted by Gasteiger charge is -2.25. The average molecular weight is 783 g/mol. The number of hydrogen-bond donors (Lipinski definition) is 0. The Morgan fingerprint density at radius 3 is 1.33 bits per heavy atom. The van der Waals surface area contributed by atoms with Gasteiger partial charge in [0.1, 0.15) is 0 Å². The number of aryl methyl sites for hydroxylation is 3. The third kappa shape index (κ3) is 7.66. The van der Waals surface area contributed by atoms with E-state index in [1.165, 1.54) is 42.6 Å². The Hall–Kier alpha value is -6.23. The monoisotopic (exact) mass is 782 g/mol. The van der Waals surface area contributed by atoms with Crippen LogP contribution in [0.4, 0.5) is 39.5 Å². The fourth-order valence-corrected chi connectivity index (χ4v) is 7.36. The van der Waals surface area contributed by atoms with E-state index in [0.717, 1.165) is 35.0 Å². The van der Waals surface area contributed by atoms with Crippen molar-refractivity contribution in [1.82, 2.24) is 9.97 Å². The number of pyridine rings is 2. The van der Waals surface area contributed by atoms with E-state index in [1.807, 2.05) is 25.1 Å². The first-order valence-corrected chi connectivity index (χ1v) is 17.6. The van der Waals surface area contributed by atoms with E-state index in [2.05, 4.69) is 9.97 Å². The van der Waals surface area contributed by atoms with Crippen LogP contribution in [0.2, 0.25) is 0 Å². The van der Waals surface area contributed by atoms with Gasteiger partial charge in [-0.15, -0.1) is 0 Å². The molecule has 2 nitrogen and oxygen atoms in total. The van der Waals surface area contributed by atoms with Gasteiger partial charge in [-0.05, 0) is 142 Å². The summed E-state index contributed by atoms with van der Waals surface area (Å²) in [5.41, 5.74) is -1.21. The van der Waals surface area contributed by atoms with Gasteiger partial charge in [0.15, 0.2) is 0 Å². The van der Waals surface area contributed by atoms with Gasteiger partial charge in [0.05, 0.1) is 16.7 Å². The van der Waals surface area contributed by atoms with Crippen molar-refractivity contribution in [2.24, 2.45) is 0 Å². The van der Waals surface area contributed by atoms with Crippen LogP contribution in [0.25, 0.3) is 66.8 Å². The second-order valence-corrected chi connectivity index (χ2v) is 13.7. The van der Waals surface area contributed by atoms with Crippen LogP contribution in [0.1, 0.15) is 33.4 Å². The molecule has 0 saturated heterocycles. The Balaban J connectivity index is 1.69. The average Bonchev–Trinajstić information content (AvgIpc) is 3.17. The first-order chi connectivity index (χ1) is 26.9. The van der Waals surface area contributed by atoms with Crippen molar-refractivity contribution in [3.05, 3.63) is 167 Å². The molecule has 0 aliphatic rings. The SMILES string of the molecule is Cc1cc(C)c(-c2cc(-c3ccccc3C)c(-c3cc(-c4cccnc4)c(C(F)(F)F)cc3C(F)(F)F)cc2-c2ccccc2C(F)(F)F)cc1-c1cccnc1. The highest BCUT2D eigenvalue weighted by Gasteiger charge is 2.42. The third-order valence-corrected chi connectivity index (χ3v) is 9.98. The van der Waals surface area contributed by atoms with Crippen molar-refractivity contribution >= 4 is 0 Å². The Labute approximate surface area is 322 Å². The van der Waals surface area contributed by atoms with E-state index in [9.17, 15) is 26.3 Å². The molecule has 2 heterocycles. The van der Waals surface area contributed by atoms with Crippen molar-refractivity contribution in [2.75, 3.05) is 0 Å². The van der Waals surface area contributed by atoms with Gasteiger partial charge < -0.3 is 0 Å². The van der Waals surface area contributed by atoms with Crippen LogP contribution in [0.3, 0.4) is 0 Å². The molecule has 0 aliphatic heterocycles. The smallest absolute Gasteiger partial charge is 0.264 e. The number of benzene rings is 5. The first-order valence-electron chi connectivity index (χ1n) is 17.6. The quantitative estimate of drug-likeness (QED) is 0.157. The molecule has 2 aromatic heterocycles. The zero-order chi connectivity index (χ0) is 40.9. The predicted octanol–water partition coefficient (Wildman–Crippen LogP) is 14.5. The zero-order valence-corrected chi connectivity index (χ0v) is 30.5. The minimum absolute atomic E-state index is 0.0703. The van der Waals surface area contributed by atoms with E-state index in [0.29, 0.717) is 22.3 Å². The van der Waals surface area contributed by atoms with Crippen LogP contribution < -0.4 is 0 Å². The minimum Gasteiger partial charge on any atom is -0.264 e. The lowest BCUT2D eigenvalue weighted by molar-refractivity contribution is -0.142. The van der Waals surface area contributed by atoms with Gasteiger partial charge in [0.2, 0.25) is 0 Å². The Kier molecular flexibility index (Phi) is 10.1. The summed E-state index contributed by atoms with van der Waals surface area (Å²) in [5.74, 6) is 0. The molecular formula is C46H31F9N2. The number of halogens is 9. The van der Waals surface area contributed by atoms with Crippen LogP contribution in [-0.4, -0.2) is 9.97 Å². The van der Waals surface area contributed by atoms with Gasteiger partial charge in [0.25, 0.3) is 0 Å². The fourth-order valence-electron chi connectivity index (χ4n) is 7.36. The Bertz CT molecular complexity index is 2610. The highest BCUT2D eigenvalue weighted by molar-refractivity contribution is 5.99. The molecule has 0 aliphatic carbocycles. The van der Waals surface area contributed by atoms with Gasteiger partial charge in [-0.3, -0.25) is 9.97 Å². The largest absolute Gasteiger partial charge is 0.417 e. The van der Waals surface area contributed by atoms with Crippen LogP contribution in [0, 0.1) is 20.8 Å². The summed E-state index contributed by atoms with van der Waals surface area (Å²) in [6.45, 7) is 5.39. The van der Waals surface area contributed by atoms with Crippen LogP contribution in [-0.2, 0) is 18.5 Å². The molecule has 0 saturated carbocycles. The topological polar surface area (TPSA) is 25.8 Å². The van der Waals surface area contributed by atoms with Gasteiger partial charge in [0, 0.05) is 35.9 Å². The summed E-state index contributed by atoms with van der Waals surface area (Å²) in [4.78, 5) is 8.14. The summed E-state index contributed by atoms with van der Waals surface area (Å²) in [5, 5.41) is 0. The van der Waals surface area contributed by atoms with E-state index in [4.69, 9.17) is 0 Å². The summed E-state index contributed by atoms with van der Waals surface area (Å²) < 4.78 is 134. The number of rotatable bonds is 6. The van der Waals surface area contributed by atoms with Crippen molar-refractivity contribution in [3.8, 4) is 66.8 Å².